The van der Waals surface area contributed by atoms with Crippen LogP contribution in [0.3, 0.4) is 0 Å². The SMILES string of the molecule is CC(C)CN1C[C@@H]2CN(C(=O)CCc3ccc[nH]3)C[C@@H]2C1=O. The molecule has 0 aliphatic carbocycles. The van der Waals surface area contributed by atoms with E-state index in [0.29, 0.717) is 24.8 Å². The molecule has 3 heterocycles. The fourth-order valence-electron chi connectivity index (χ4n) is 3.68. The molecule has 0 aromatic carbocycles. The lowest BCUT2D eigenvalue weighted by Crippen LogP contribution is -2.37. The molecule has 2 atom stereocenters. The maximum Gasteiger partial charge on any atom is 0.227 e. The number of nitrogens with zero attached hydrogens (tertiary/aromatic N) is 2. The maximum atomic E-state index is 12.4. The Labute approximate surface area is 131 Å². The molecule has 1 aromatic rings. The van der Waals surface area contributed by atoms with Crippen LogP contribution in [0, 0.1) is 17.8 Å². The summed E-state index contributed by atoms with van der Waals surface area (Å²) in [4.78, 5) is 31.7. The van der Waals surface area contributed by atoms with Crippen molar-refractivity contribution in [2.75, 3.05) is 26.2 Å². The van der Waals surface area contributed by atoms with E-state index in [1.54, 1.807) is 0 Å². The number of likely N-dealkylation sites (tertiary alicyclic amines) is 2. The normalized spacial score (nSPS) is 24.4. The molecule has 22 heavy (non-hydrogen) atoms. The summed E-state index contributed by atoms with van der Waals surface area (Å²) in [5, 5.41) is 0. The highest BCUT2D eigenvalue weighted by molar-refractivity contribution is 5.84. The van der Waals surface area contributed by atoms with Crippen LogP contribution in [0.25, 0.3) is 0 Å². The number of aryl methyl sites for hydroxylation is 1. The van der Waals surface area contributed by atoms with E-state index in [1.165, 1.54) is 0 Å². The first-order valence-corrected chi connectivity index (χ1v) is 8.23. The highest BCUT2D eigenvalue weighted by Crippen LogP contribution is 2.32. The summed E-state index contributed by atoms with van der Waals surface area (Å²) in [5.41, 5.74) is 1.09. The smallest absolute Gasteiger partial charge is 0.227 e. The third-order valence-corrected chi connectivity index (χ3v) is 4.73. The lowest BCUT2D eigenvalue weighted by atomic mass is 10.0. The molecule has 2 aliphatic heterocycles. The number of rotatable bonds is 5. The summed E-state index contributed by atoms with van der Waals surface area (Å²) in [5.74, 6) is 1.29. The van der Waals surface area contributed by atoms with E-state index in [9.17, 15) is 9.59 Å². The molecule has 2 saturated heterocycles. The van der Waals surface area contributed by atoms with Crippen molar-refractivity contribution in [3.8, 4) is 0 Å². The topological polar surface area (TPSA) is 56.4 Å². The largest absolute Gasteiger partial charge is 0.365 e. The Hall–Kier alpha value is -1.78. The fraction of sp³-hybridized carbons (Fsp3) is 0.647. The Morgan fingerprint density at radius 2 is 2.18 bits per heavy atom. The third kappa shape index (κ3) is 3.03. The zero-order chi connectivity index (χ0) is 15.7. The van der Waals surface area contributed by atoms with Crippen LogP contribution < -0.4 is 0 Å². The van der Waals surface area contributed by atoms with E-state index < -0.39 is 0 Å². The minimum absolute atomic E-state index is 0.0354. The molecule has 1 N–H and O–H groups in total. The van der Waals surface area contributed by atoms with Crippen molar-refractivity contribution in [2.45, 2.75) is 26.7 Å². The van der Waals surface area contributed by atoms with Gasteiger partial charge in [0.2, 0.25) is 11.8 Å². The number of amides is 2. The second-order valence-corrected chi connectivity index (χ2v) is 7.00. The molecule has 2 amide bonds. The van der Waals surface area contributed by atoms with E-state index in [4.69, 9.17) is 0 Å². The maximum absolute atomic E-state index is 12.4. The van der Waals surface area contributed by atoms with Crippen LogP contribution >= 0.6 is 0 Å². The summed E-state index contributed by atoms with van der Waals surface area (Å²) in [6.07, 6.45) is 3.14. The van der Waals surface area contributed by atoms with E-state index >= 15 is 0 Å². The first kappa shape index (κ1) is 15.1. The quantitative estimate of drug-likeness (QED) is 0.896. The van der Waals surface area contributed by atoms with Crippen molar-refractivity contribution in [2.24, 2.45) is 17.8 Å². The first-order valence-electron chi connectivity index (χ1n) is 8.23. The molecule has 0 saturated carbocycles. The summed E-state index contributed by atoms with van der Waals surface area (Å²) in [7, 11) is 0. The van der Waals surface area contributed by atoms with Gasteiger partial charge in [0.15, 0.2) is 0 Å². The van der Waals surface area contributed by atoms with Gasteiger partial charge in [-0.15, -0.1) is 0 Å². The predicted octanol–water partition coefficient (Wildman–Crippen LogP) is 1.52. The van der Waals surface area contributed by atoms with E-state index in [2.05, 4.69) is 18.8 Å². The van der Waals surface area contributed by atoms with Crippen molar-refractivity contribution in [3.05, 3.63) is 24.0 Å². The Balaban J connectivity index is 1.51. The molecule has 2 fully saturated rings. The molecule has 2 aliphatic rings. The van der Waals surface area contributed by atoms with Gasteiger partial charge in [-0.25, -0.2) is 0 Å². The average molecular weight is 303 g/mol. The average Bonchev–Trinajstić information content (AvgIpc) is 3.16. The summed E-state index contributed by atoms with van der Waals surface area (Å²) >= 11 is 0. The van der Waals surface area contributed by atoms with Crippen LogP contribution in [0.2, 0.25) is 0 Å². The lowest BCUT2D eigenvalue weighted by Gasteiger charge is -2.23. The van der Waals surface area contributed by atoms with Crippen LogP contribution in [0.1, 0.15) is 26.0 Å². The van der Waals surface area contributed by atoms with E-state index in [1.807, 2.05) is 28.1 Å². The zero-order valence-corrected chi connectivity index (χ0v) is 13.4. The summed E-state index contributed by atoms with van der Waals surface area (Å²) < 4.78 is 0. The second-order valence-electron chi connectivity index (χ2n) is 7.00. The molecule has 5 heteroatoms. The molecule has 5 nitrogen and oxygen atoms in total. The number of aromatic amines is 1. The van der Waals surface area contributed by atoms with E-state index in [-0.39, 0.29) is 17.7 Å². The number of carbonyl (C=O) groups is 2. The molecule has 0 unspecified atom stereocenters. The molecule has 0 bridgehead atoms. The van der Waals surface area contributed by atoms with Crippen LogP contribution in [0.15, 0.2) is 18.3 Å². The number of nitrogens with one attached hydrogen (secondary N) is 1. The van der Waals surface area contributed by atoms with Crippen LogP contribution in [0.5, 0.6) is 0 Å². The van der Waals surface area contributed by atoms with Gasteiger partial charge < -0.3 is 14.8 Å². The van der Waals surface area contributed by atoms with Crippen molar-refractivity contribution in [1.29, 1.82) is 0 Å². The van der Waals surface area contributed by atoms with Gasteiger partial charge in [-0.3, -0.25) is 9.59 Å². The fourth-order valence-corrected chi connectivity index (χ4v) is 3.68. The van der Waals surface area contributed by atoms with Crippen molar-refractivity contribution < 1.29 is 9.59 Å². The van der Waals surface area contributed by atoms with Crippen molar-refractivity contribution >= 4 is 11.8 Å². The lowest BCUT2D eigenvalue weighted by molar-refractivity contribution is -0.133. The molecule has 3 rings (SSSR count). The molecule has 1 aromatic heterocycles. The van der Waals surface area contributed by atoms with Gasteiger partial charge in [-0.2, -0.15) is 0 Å². The van der Waals surface area contributed by atoms with Gasteiger partial charge in [0.1, 0.15) is 0 Å². The molecular weight excluding hydrogens is 278 g/mol. The number of fused-ring (bicyclic) bond motifs is 1. The Kier molecular flexibility index (Phi) is 4.23. The van der Waals surface area contributed by atoms with Gasteiger partial charge in [-0.05, 0) is 24.5 Å². The molecule has 0 spiro atoms. The number of aromatic nitrogens is 1. The van der Waals surface area contributed by atoms with Crippen molar-refractivity contribution in [3.63, 3.8) is 0 Å². The number of H-pyrrole nitrogens is 1. The number of hydrogen-bond donors (Lipinski definition) is 1. The molecule has 120 valence electrons. The standard InChI is InChI=1S/C17H25N3O2/c1-12(2)8-20-10-13-9-19(11-15(13)17(20)22)16(21)6-5-14-4-3-7-18-14/h3-4,7,12-13,15,18H,5-6,8-11H2,1-2H3/t13-,15-/m0/s1. The third-order valence-electron chi connectivity index (χ3n) is 4.73. The molecule has 0 radical (unpaired) electrons. The van der Waals surface area contributed by atoms with Gasteiger partial charge in [-0.1, -0.05) is 13.8 Å². The van der Waals surface area contributed by atoms with Crippen LogP contribution in [0.4, 0.5) is 0 Å². The molecular formula is C17H25N3O2. The highest BCUT2D eigenvalue weighted by Gasteiger charge is 2.47. The van der Waals surface area contributed by atoms with Gasteiger partial charge in [0.05, 0.1) is 5.92 Å². The van der Waals surface area contributed by atoms with Crippen molar-refractivity contribution in [1.82, 2.24) is 14.8 Å². The van der Waals surface area contributed by atoms with Gasteiger partial charge >= 0.3 is 0 Å². The number of hydrogen-bond acceptors (Lipinski definition) is 2. The zero-order valence-electron chi connectivity index (χ0n) is 13.4. The summed E-state index contributed by atoms with van der Waals surface area (Å²) in [6.45, 7) is 7.29. The van der Waals surface area contributed by atoms with E-state index in [0.717, 1.165) is 31.7 Å². The number of carbonyl (C=O) groups excluding carboxylic acids is 2. The Bertz CT molecular complexity index is 538. The minimum atomic E-state index is 0.0354. The Morgan fingerprint density at radius 3 is 2.82 bits per heavy atom. The minimum Gasteiger partial charge on any atom is -0.365 e. The van der Waals surface area contributed by atoms with Gasteiger partial charge in [0.25, 0.3) is 0 Å². The predicted molar refractivity (Wildman–Crippen MR) is 84.1 cm³/mol. The second kappa shape index (κ2) is 6.15. The Morgan fingerprint density at radius 1 is 1.36 bits per heavy atom. The highest BCUT2D eigenvalue weighted by atomic mass is 16.2. The van der Waals surface area contributed by atoms with Crippen LogP contribution in [-0.2, 0) is 16.0 Å². The van der Waals surface area contributed by atoms with Crippen LogP contribution in [-0.4, -0.2) is 52.8 Å². The summed E-state index contributed by atoms with van der Waals surface area (Å²) in [6, 6.07) is 3.95. The first-order chi connectivity index (χ1) is 10.5. The van der Waals surface area contributed by atoms with Gasteiger partial charge in [0, 0.05) is 50.4 Å². The monoisotopic (exact) mass is 303 g/mol.